The molecule has 0 aliphatic carbocycles. The molecule has 1 aromatic rings. The van der Waals surface area contributed by atoms with Gasteiger partial charge in [-0.05, 0) is 37.8 Å². The van der Waals surface area contributed by atoms with E-state index < -0.39 is 0 Å². The molecule has 2 aliphatic heterocycles. The van der Waals surface area contributed by atoms with Crippen molar-refractivity contribution >= 4 is 5.91 Å². The van der Waals surface area contributed by atoms with Gasteiger partial charge in [0.25, 0.3) is 0 Å². The minimum absolute atomic E-state index is 0.202. The van der Waals surface area contributed by atoms with Crippen LogP contribution in [0.4, 0.5) is 0 Å². The van der Waals surface area contributed by atoms with E-state index in [1.54, 1.807) is 13.4 Å². The number of methoxy groups -OCH3 is 1. The van der Waals surface area contributed by atoms with E-state index in [9.17, 15) is 4.79 Å². The van der Waals surface area contributed by atoms with Crippen LogP contribution in [-0.4, -0.2) is 65.6 Å². The topological polar surface area (TPSA) is 58.6 Å². The van der Waals surface area contributed by atoms with Crippen LogP contribution in [0, 0.1) is 5.41 Å². The quantitative estimate of drug-likeness (QED) is 0.741. The van der Waals surface area contributed by atoms with Crippen LogP contribution in [-0.2, 0) is 16.1 Å². The van der Waals surface area contributed by atoms with Gasteiger partial charge in [-0.1, -0.05) is 0 Å². The van der Waals surface area contributed by atoms with Crippen LogP contribution in [0.15, 0.2) is 18.7 Å². The summed E-state index contributed by atoms with van der Waals surface area (Å²) in [6, 6.07) is 0. The maximum atomic E-state index is 12.3. The van der Waals surface area contributed by atoms with Gasteiger partial charge in [0.15, 0.2) is 0 Å². The number of aromatic nitrogens is 2. The zero-order valence-electron chi connectivity index (χ0n) is 13.9. The first-order valence-corrected chi connectivity index (χ1v) is 8.44. The van der Waals surface area contributed by atoms with Crippen molar-refractivity contribution in [3.63, 3.8) is 0 Å². The predicted molar refractivity (Wildman–Crippen MR) is 86.7 cm³/mol. The molecule has 1 aromatic heterocycles. The van der Waals surface area contributed by atoms with Gasteiger partial charge in [0.1, 0.15) is 6.33 Å². The summed E-state index contributed by atoms with van der Waals surface area (Å²) in [4.78, 5) is 24.9. The Morgan fingerprint density at radius 1 is 1.26 bits per heavy atom. The first kappa shape index (κ1) is 16.3. The third kappa shape index (κ3) is 4.06. The van der Waals surface area contributed by atoms with Gasteiger partial charge in [0.05, 0.1) is 0 Å². The van der Waals surface area contributed by atoms with Crippen LogP contribution in [0.5, 0.6) is 0 Å². The molecule has 0 N–H and O–H groups in total. The lowest BCUT2D eigenvalue weighted by molar-refractivity contribution is -0.128. The molecule has 1 amide bonds. The average molecular weight is 318 g/mol. The third-order valence-corrected chi connectivity index (χ3v) is 5.12. The molecule has 0 radical (unpaired) electrons. The highest BCUT2D eigenvalue weighted by Gasteiger charge is 2.44. The highest BCUT2D eigenvalue weighted by atomic mass is 16.5. The van der Waals surface area contributed by atoms with Crippen molar-refractivity contribution in [2.75, 3.05) is 39.9 Å². The number of rotatable bonds is 6. The Morgan fingerprint density at radius 2 is 2.00 bits per heavy atom. The molecular formula is C17H26N4O2. The highest BCUT2D eigenvalue weighted by molar-refractivity contribution is 5.79. The maximum Gasteiger partial charge on any atom is 0.223 e. The van der Waals surface area contributed by atoms with E-state index in [0.29, 0.717) is 5.91 Å². The Hall–Kier alpha value is -1.53. The second-order valence-electron chi connectivity index (χ2n) is 6.86. The van der Waals surface area contributed by atoms with Gasteiger partial charge in [-0.3, -0.25) is 9.69 Å². The predicted octanol–water partition coefficient (Wildman–Crippen LogP) is 1.33. The zero-order chi connectivity index (χ0) is 16.1. The smallest absolute Gasteiger partial charge is 0.223 e. The highest BCUT2D eigenvalue weighted by Crippen LogP contribution is 2.41. The summed E-state index contributed by atoms with van der Waals surface area (Å²) < 4.78 is 5.09. The summed E-state index contributed by atoms with van der Waals surface area (Å²) in [5.74, 6) is 0.325. The lowest BCUT2D eigenvalue weighted by Gasteiger charge is -2.38. The van der Waals surface area contributed by atoms with Gasteiger partial charge in [-0.2, -0.15) is 0 Å². The molecule has 1 spiro atoms. The van der Waals surface area contributed by atoms with E-state index in [0.717, 1.165) is 70.6 Å². The van der Waals surface area contributed by atoms with E-state index in [1.165, 1.54) is 0 Å². The van der Waals surface area contributed by atoms with Crippen LogP contribution in [0.25, 0.3) is 0 Å². The van der Waals surface area contributed by atoms with E-state index in [-0.39, 0.29) is 5.41 Å². The number of hydrogen-bond acceptors (Lipinski definition) is 5. The summed E-state index contributed by atoms with van der Waals surface area (Å²) in [7, 11) is 1.71. The first-order chi connectivity index (χ1) is 11.2. The molecule has 2 aliphatic rings. The van der Waals surface area contributed by atoms with E-state index >= 15 is 0 Å². The molecule has 0 atom stereocenters. The second-order valence-corrected chi connectivity index (χ2v) is 6.86. The molecule has 6 nitrogen and oxygen atoms in total. The largest absolute Gasteiger partial charge is 0.385 e. The standard InChI is InChI=1S/C17H26N4O2/c1-23-8-2-5-21-13-17(9-16(21)22)3-6-20(7-4-17)12-15-10-18-14-19-11-15/h10-11,14H,2-9,12-13H2,1H3. The maximum absolute atomic E-state index is 12.3. The second kappa shape index (κ2) is 7.36. The van der Waals surface area contributed by atoms with E-state index in [2.05, 4.69) is 14.9 Å². The third-order valence-electron chi connectivity index (χ3n) is 5.12. The van der Waals surface area contributed by atoms with Crippen molar-refractivity contribution in [1.29, 1.82) is 0 Å². The summed E-state index contributed by atoms with van der Waals surface area (Å²) >= 11 is 0. The van der Waals surface area contributed by atoms with Gasteiger partial charge >= 0.3 is 0 Å². The van der Waals surface area contributed by atoms with Gasteiger partial charge < -0.3 is 9.64 Å². The Balaban J connectivity index is 1.49. The molecule has 126 valence electrons. The molecule has 0 bridgehead atoms. The average Bonchev–Trinajstić information content (AvgIpc) is 2.87. The van der Waals surface area contributed by atoms with Crippen LogP contribution in [0.3, 0.4) is 0 Å². The number of nitrogens with zero attached hydrogens (tertiary/aromatic N) is 4. The van der Waals surface area contributed by atoms with Gasteiger partial charge in [-0.15, -0.1) is 0 Å². The number of hydrogen-bond donors (Lipinski definition) is 0. The van der Waals surface area contributed by atoms with Crippen molar-refractivity contribution in [2.24, 2.45) is 5.41 Å². The Labute approximate surface area is 137 Å². The fourth-order valence-corrected chi connectivity index (χ4v) is 3.78. The summed E-state index contributed by atoms with van der Waals surface area (Å²) in [6.07, 6.45) is 9.19. The molecule has 0 aromatic carbocycles. The summed E-state index contributed by atoms with van der Waals surface area (Å²) in [5.41, 5.74) is 1.36. The summed E-state index contributed by atoms with van der Waals surface area (Å²) in [6.45, 7) is 5.49. The normalized spacial score (nSPS) is 21.3. The lowest BCUT2D eigenvalue weighted by atomic mass is 9.77. The Morgan fingerprint density at radius 3 is 2.70 bits per heavy atom. The van der Waals surface area contributed by atoms with Crippen molar-refractivity contribution in [3.05, 3.63) is 24.3 Å². The molecule has 0 unspecified atom stereocenters. The van der Waals surface area contributed by atoms with Crippen molar-refractivity contribution in [3.8, 4) is 0 Å². The number of carbonyl (C=O) groups excluding carboxylic acids is 1. The molecule has 0 saturated carbocycles. The summed E-state index contributed by atoms with van der Waals surface area (Å²) in [5, 5.41) is 0. The molecule has 23 heavy (non-hydrogen) atoms. The Bertz CT molecular complexity index is 515. The van der Waals surface area contributed by atoms with Crippen LogP contribution in [0.2, 0.25) is 0 Å². The van der Waals surface area contributed by atoms with Crippen LogP contribution < -0.4 is 0 Å². The number of piperidine rings is 1. The molecular weight excluding hydrogens is 292 g/mol. The lowest BCUT2D eigenvalue weighted by Crippen LogP contribution is -2.41. The zero-order valence-corrected chi connectivity index (χ0v) is 13.9. The van der Waals surface area contributed by atoms with Gasteiger partial charge in [-0.25, -0.2) is 9.97 Å². The minimum Gasteiger partial charge on any atom is -0.385 e. The monoisotopic (exact) mass is 318 g/mol. The Kier molecular flexibility index (Phi) is 5.23. The van der Waals surface area contributed by atoms with E-state index in [1.807, 2.05) is 17.3 Å². The van der Waals surface area contributed by atoms with E-state index in [4.69, 9.17) is 4.74 Å². The van der Waals surface area contributed by atoms with Crippen molar-refractivity contribution in [2.45, 2.75) is 32.2 Å². The van der Waals surface area contributed by atoms with Crippen LogP contribution in [0.1, 0.15) is 31.2 Å². The van der Waals surface area contributed by atoms with Gasteiger partial charge in [0, 0.05) is 57.7 Å². The number of likely N-dealkylation sites (tertiary alicyclic amines) is 2. The fourth-order valence-electron chi connectivity index (χ4n) is 3.78. The SMILES string of the molecule is COCCCN1CC2(CCN(Cc3cncnc3)CC2)CC1=O. The molecule has 3 heterocycles. The number of amides is 1. The van der Waals surface area contributed by atoms with Crippen molar-refractivity contribution in [1.82, 2.24) is 19.8 Å². The van der Waals surface area contributed by atoms with Crippen molar-refractivity contribution < 1.29 is 9.53 Å². The molecule has 3 rings (SSSR count). The van der Waals surface area contributed by atoms with Crippen LogP contribution >= 0.6 is 0 Å². The first-order valence-electron chi connectivity index (χ1n) is 8.44. The molecule has 2 fully saturated rings. The van der Waals surface area contributed by atoms with Gasteiger partial charge in [0.2, 0.25) is 5.91 Å². The number of ether oxygens (including phenoxy) is 1. The fraction of sp³-hybridized carbons (Fsp3) is 0.706. The molecule has 2 saturated heterocycles. The number of carbonyl (C=O) groups is 1. The minimum atomic E-state index is 0.202. The molecule has 6 heteroatoms.